The fourth-order valence-corrected chi connectivity index (χ4v) is 4.75. The molecule has 0 saturated heterocycles. The van der Waals surface area contributed by atoms with E-state index >= 15 is 0 Å². The maximum atomic E-state index is 12.7. The van der Waals surface area contributed by atoms with Gasteiger partial charge in [0.15, 0.2) is 0 Å². The Kier molecular flexibility index (Phi) is 4.61. The summed E-state index contributed by atoms with van der Waals surface area (Å²) in [6.45, 7) is 4.15. The number of nitrogens with one attached hydrogen (secondary N) is 2. The van der Waals surface area contributed by atoms with Crippen LogP contribution in [-0.4, -0.2) is 9.97 Å². The molecule has 0 bridgehead atoms. The number of rotatable bonds is 5. The average Bonchev–Trinajstić information content (AvgIpc) is 3.31. The van der Waals surface area contributed by atoms with Crippen molar-refractivity contribution in [1.29, 1.82) is 0 Å². The summed E-state index contributed by atoms with van der Waals surface area (Å²) in [5.74, 6) is 0.656. The molecular formula is C20H19N3OS2. The zero-order chi connectivity index (χ0) is 18.1. The molecule has 1 aromatic carbocycles. The topological polar surface area (TPSA) is 57.8 Å². The monoisotopic (exact) mass is 381 g/mol. The summed E-state index contributed by atoms with van der Waals surface area (Å²) in [6, 6.07) is 12.3. The number of thiophene rings is 2. The van der Waals surface area contributed by atoms with Crippen LogP contribution >= 0.6 is 22.7 Å². The smallest absolute Gasteiger partial charge is 0.260 e. The number of anilines is 1. The molecule has 0 aliphatic carbocycles. The Hall–Kier alpha value is -2.44. The molecule has 3 heterocycles. The molecule has 26 heavy (non-hydrogen) atoms. The maximum Gasteiger partial charge on any atom is 0.260 e. The molecule has 0 aliphatic heterocycles. The number of aryl methyl sites for hydroxylation is 1. The van der Waals surface area contributed by atoms with Gasteiger partial charge in [-0.05, 0) is 42.5 Å². The first-order valence-corrected chi connectivity index (χ1v) is 10.3. The van der Waals surface area contributed by atoms with Crippen LogP contribution in [0.15, 0.2) is 52.0 Å². The van der Waals surface area contributed by atoms with Gasteiger partial charge in [-0.2, -0.15) is 0 Å². The first-order valence-electron chi connectivity index (χ1n) is 8.56. The fraction of sp³-hybridized carbons (Fsp3) is 0.200. The highest BCUT2D eigenvalue weighted by molar-refractivity contribution is 7.18. The van der Waals surface area contributed by atoms with Crippen molar-refractivity contribution in [2.45, 2.75) is 26.3 Å². The number of aromatic amines is 1. The maximum absolute atomic E-state index is 12.7. The largest absolute Gasteiger partial charge is 0.375 e. The molecular weight excluding hydrogens is 362 g/mol. The molecule has 6 heteroatoms. The molecule has 3 aromatic heterocycles. The fourth-order valence-electron chi connectivity index (χ4n) is 2.98. The predicted octanol–water partition coefficient (Wildman–Crippen LogP) is 5.45. The second-order valence-electron chi connectivity index (χ2n) is 6.18. The van der Waals surface area contributed by atoms with E-state index in [0.717, 1.165) is 27.4 Å². The highest BCUT2D eigenvalue weighted by Gasteiger charge is 2.16. The van der Waals surface area contributed by atoms with Crippen LogP contribution in [0.25, 0.3) is 20.7 Å². The van der Waals surface area contributed by atoms with E-state index in [1.54, 1.807) is 11.3 Å². The number of aromatic nitrogens is 2. The van der Waals surface area contributed by atoms with E-state index < -0.39 is 0 Å². The summed E-state index contributed by atoms with van der Waals surface area (Å²) in [7, 11) is 0. The van der Waals surface area contributed by atoms with Crippen LogP contribution in [0.3, 0.4) is 0 Å². The SMILES string of the molecule is CCc1cccc(N[C@H](C)c2nc3scc(-c4cccs4)c3c(=O)[nH]2)c1. The van der Waals surface area contributed by atoms with Crippen molar-refractivity contribution >= 4 is 38.6 Å². The van der Waals surface area contributed by atoms with Gasteiger partial charge in [-0.3, -0.25) is 4.79 Å². The summed E-state index contributed by atoms with van der Waals surface area (Å²) in [6.07, 6.45) is 0.992. The van der Waals surface area contributed by atoms with Crippen molar-refractivity contribution in [3.05, 3.63) is 68.9 Å². The first kappa shape index (κ1) is 17.0. The van der Waals surface area contributed by atoms with Gasteiger partial charge in [0.25, 0.3) is 5.56 Å². The molecule has 4 rings (SSSR count). The highest BCUT2D eigenvalue weighted by Crippen LogP contribution is 2.33. The van der Waals surface area contributed by atoms with Crippen molar-refractivity contribution in [3.8, 4) is 10.4 Å². The van der Waals surface area contributed by atoms with Gasteiger partial charge in [0, 0.05) is 21.5 Å². The zero-order valence-corrected chi connectivity index (χ0v) is 16.2. The standard InChI is InChI=1S/C20H19N3OS2/c1-3-13-6-4-7-14(10-13)21-12(2)18-22-19(24)17-15(11-26-20(17)23-18)16-8-5-9-25-16/h4-12,21H,3H2,1-2H3,(H,22,23,24)/t12-/m1/s1. The van der Waals surface area contributed by atoms with Crippen LogP contribution in [-0.2, 0) is 6.42 Å². The number of nitrogens with zero attached hydrogens (tertiary/aromatic N) is 1. The Labute approximate surface area is 159 Å². The molecule has 2 N–H and O–H groups in total. The van der Waals surface area contributed by atoms with E-state index in [4.69, 9.17) is 4.98 Å². The molecule has 0 saturated carbocycles. The van der Waals surface area contributed by atoms with Gasteiger partial charge in [0.05, 0.1) is 11.4 Å². The Bertz CT molecular complexity index is 1100. The summed E-state index contributed by atoms with van der Waals surface area (Å²) >= 11 is 3.15. The van der Waals surface area contributed by atoms with E-state index in [1.165, 1.54) is 16.9 Å². The third-order valence-electron chi connectivity index (χ3n) is 4.38. The normalized spacial score (nSPS) is 12.4. The number of hydrogen-bond acceptors (Lipinski definition) is 5. The van der Waals surface area contributed by atoms with Crippen LogP contribution in [0.4, 0.5) is 5.69 Å². The Morgan fingerprint density at radius 3 is 2.88 bits per heavy atom. The van der Waals surface area contributed by atoms with E-state index in [-0.39, 0.29) is 11.6 Å². The Morgan fingerprint density at radius 2 is 2.12 bits per heavy atom. The van der Waals surface area contributed by atoms with Crippen LogP contribution in [0, 0.1) is 0 Å². The molecule has 1 atom stereocenters. The van der Waals surface area contributed by atoms with E-state index in [2.05, 4.69) is 29.4 Å². The lowest BCUT2D eigenvalue weighted by atomic mass is 10.1. The van der Waals surface area contributed by atoms with Crippen molar-refractivity contribution in [3.63, 3.8) is 0 Å². The van der Waals surface area contributed by atoms with Gasteiger partial charge >= 0.3 is 0 Å². The zero-order valence-electron chi connectivity index (χ0n) is 14.6. The van der Waals surface area contributed by atoms with Gasteiger partial charge in [0.1, 0.15) is 10.7 Å². The number of fused-ring (bicyclic) bond motifs is 1. The van der Waals surface area contributed by atoms with E-state index in [0.29, 0.717) is 11.2 Å². The predicted molar refractivity (Wildman–Crippen MR) is 111 cm³/mol. The summed E-state index contributed by atoms with van der Waals surface area (Å²) < 4.78 is 0. The van der Waals surface area contributed by atoms with Gasteiger partial charge < -0.3 is 10.3 Å². The molecule has 0 amide bonds. The van der Waals surface area contributed by atoms with Gasteiger partial charge in [-0.25, -0.2) is 4.98 Å². The average molecular weight is 382 g/mol. The number of hydrogen-bond donors (Lipinski definition) is 2. The summed E-state index contributed by atoms with van der Waals surface area (Å²) in [5.41, 5.74) is 3.20. The van der Waals surface area contributed by atoms with Crippen molar-refractivity contribution in [2.24, 2.45) is 0 Å². The summed E-state index contributed by atoms with van der Waals surface area (Å²) in [5, 5.41) is 8.15. The lowest BCUT2D eigenvalue weighted by Crippen LogP contribution is -2.17. The van der Waals surface area contributed by atoms with Gasteiger partial charge in [-0.15, -0.1) is 22.7 Å². The van der Waals surface area contributed by atoms with Gasteiger partial charge in [-0.1, -0.05) is 25.1 Å². The quantitative estimate of drug-likeness (QED) is 0.483. The second kappa shape index (κ2) is 7.05. The highest BCUT2D eigenvalue weighted by atomic mass is 32.1. The van der Waals surface area contributed by atoms with Crippen molar-refractivity contribution in [1.82, 2.24) is 9.97 Å². The second-order valence-corrected chi connectivity index (χ2v) is 7.98. The molecule has 0 radical (unpaired) electrons. The number of benzene rings is 1. The first-order chi connectivity index (χ1) is 12.7. The van der Waals surface area contributed by atoms with E-state index in [9.17, 15) is 4.79 Å². The van der Waals surface area contributed by atoms with Crippen LogP contribution in [0.5, 0.6) is 0 Å². The molecule has 132 valence electrons. The molecule has 0 fully saturated rings. The minimum atomic E-state index is -0.0912. The van der Waals surface area contributed by atoms with Crippen LogP contribution < -0.4 is 10.9 Å². The molecule has 4 aromatic rings. The molecule has 0 unspecified atom stereocenters. The lowest BCUT2D eigenvalue weighted by molar-refractivity contribution is 0.792. The summed E-state index contributed by atoms with van der Waals surface area (Å²) in [4.78, 5) is 22.3. The van der Waals surface area contributed by atoms with E-state index in [1.807, 2.05) is 41.9 Å². The third-order valence-corrected chi connectivity index (χ3v) is 6.15. The number of H-pyrrole nitrogens is 1. The third kappa shape index (κ3) is 3.18. The minimum absolute atomic E-state index is 0.0781. The molecule has 4 nitrogen and oxygen atoms in total. The van der Waals surface area contributed by atoms with Crippen LogP contribution in [0.1, 0.15) is 31.3 Å². The van der Waals surface area contributed by atoms with Crippen LogP contribution in [0.2, 0.25) is 0 Å². The van der Waals surface area contributed by atoms with Gasteiger partial charge in [0.2, 0.25) is 0 Å². The molecule has 0 spiro atoms. The Balaban J connectivity index is 1.68. The Morgan fingerprint density at radius 1 is 1.23 bits per heavy atom. The van der Waals surface area contributed by atoms with Crippen molar-refractivity contribution in [2.75, 3.05) is 5.32 Å². The minimum Gasteiger partial charge on any atom is -0.375 e. The molecule has 0 aliphatic rings. The van der Waals surface area contributed by atoms with Crippen molar-refractivity contribution < 1.29 is 0 Å². The lowest BCUT2D eigenvalue weighted by Gasteiger charge is -2.15.